The molecule has 6 nitrogen and oxygen atoms in total. The van der Waals surface area contributed by atoms with Crippen molar-refractivity contribution >= 4 is 11.6 Å². The Morgan fingerprint density at radius 3 is 1.84 bits per heavy atom. The van der Waals surface area contributed by atoms with Crippen LogP contribution in [-0.4, -0.2) is 34.0 Å². The maximum absolute atomic E-state index is 13.0. The van der Waals surface area contributed by atoms with Gasteiger partial charge in [0.25, 0.3) is 0 Å². The molecule has 0 aliphatic heterocycles. The molecule has 0 radical (unpaired) electrons. The molecule has 0 saturated heterocycles. The average molecular weight is 340 g/mol. The number of phenolic OH excluding ortho intramolecular Hbond substituents is 3. The van der Waals surface area contributed by atoms with E-state index in [1.54, 1.807) is 12.1 Å². The summed E-state index contributed by atoms with van der Waals surface area (Å²) in [6.07, 6.45) is 3.74. The number of hydrogen-bond donors (Lipinski definition) is 3. The fourth-order valence-electron chi connectivity index (χ4n) is 3.76. The number of phenols is 3. The van der Waals surface area contributed by atoms with Gasteiger partial charge in [-0.3, -0.25) is 9.59 Å². The van der Waals surface area contributed by atoms with Crippen molar-refractivity contribution in [2.24, 2.45) is 0 Å². The number of aryl methyl sites for hydroxylation is 2. The van der Waals surface area contributed by atoms with E-state index in [1.807, 2.05) is 0 Å². The highest BCUT2D eigenvalue weighted by Gasteiger charge is 2.39. The molecule has 0 spiro atoms. The van der Waals surface area contributed by atoms with E-state index in [4.69, 9.17) is 4.74 Å². The Kier molecular flexibility index (Phi) is 3.25. The van der Waals surface area contributed by atoms with Gasteiger partial charge in [-0.25, -0.2) is 0 Å². The van der Waals surface area contributed by atoms with Crippen molar-refractivity contribution in [3.63, 3.8) is 0 Å². The second-order valence-corrected chi connectivity index (χ2v) is 6.36. The van der Waals surface area contributed by atoms with Crippen LogP contribution in [0, 0.1) is 0 Å². The molecule has 0 aromatic heterocycles. The van der Waals surface area contributed by atoms with Crippen LogP contribution in [0.4, 0.5) is 0 Å². The lowest BCUT2D eigenvalue weighted by Crippen LogP contribution is -2.23. The number of aromatic hydroxyl groups is 3. The first kappa shape index (κ1) is 15.5. The van der Waals surface area contributed by atoms with Crippen molar-refractivity contribution in [2.75, 3.05) is 7.11 Å². The Bertz CT molecular complexity index is 957. The summed E-state index contributed by atoms with van der Waals surface area (Å²) in [7, 11) is 1.21. The zero-order chi connectivity index (χ0) is 17.9. The van der Waals surface area contributed by atoms with Gasteiger partial charge < -0.3 is 20.1 Å². The molecule has 3 N–H and O–H groups in total. The lowest BCUT2D eigenvalue weighted by atomic mass is 9.78. The van der Waals surface area contributed by atoms with Crippen molar-refractivity contribution in [1.82, 2.24) is 0 Å². The molecule has 0 fully saturated rings. The quantitative estimate of drug-likeness (QED) is 0.588. The van der Waals surface area contributed by atoms with E-state index in [0.29, 0.717) is 0 Å². The van der Waals surface area contributed by atoms with E-state index in [0.717, 1.165) is 36.8 Å². The summed E-state index contributed by atoms with van der Waals surface area (Å²) < 4.78 is 5.03. The number of rotatable bonds is 1. The van der Waals surface area contributed by atoms with Crippen LogP contribution in [0.2, 0.25) is 0 Å². The Labute approximate surface area is 143 Å². The SMILES string of the molecule is COc1c(O)c(O)c(O)c2c1C(=O)c1cc3c(cc1C2=O)CCCC3. The van der Waals surface area contributed by atoms with Gasteiger partial charge in [0.15, 0.2) is 23.1 Å². The Balaban J connectivity index is 2.04. The highest BCUT2D eigenvalue weighted by Crippen LogP contribution is 2.50. The summed E-state index contributed by atoms with van der Waals surface area (Å²) in [6.45, 7) is 0. The molecule has 0 unspecified atom stereocenters. The van der Waals surface area contributed by atoms with E-state index in [-0.39, 0.29) is 28.0 Å². The van der Waals surface area contributed by atoms with Crippen LogP contribution in [0.25, 0.3) is 0 Å². The van der Waals surface area contributed by atoms with Crippen molar-refractivity contribution in [1.29, 1.82) is 0 Å². The third-order valence-electron chi connectivity index (χ3n) is 5.01. The number of methoxy groups -OCH3 is 1. The standard InChI is InChI=1S/C19H16O6/c1-25-19-13-12(16(22)17(23)18(19)24)14(20)10-6-8-4-2-3-5-9(8)7-11(10)15(13)21/h6-7,22-24H,2-5H2,1H3. The minimum absolute atomic E-state index is 0.209. The largest absolute Gasteiger partial charge is 0.504 e. The molecule has 2 aromatic rings. The van der Waals surface area contributed by atoms with Crippen LogP contribution in [0.5, 0.6) is 23.0 Å². The van der Waals surface area contributed by atoms with Gasteiger partial charge >= 0.3 is 0 Å². The number of fused-ring (bicyclic) bond motifs is 3. The monoisotopic (exact) mass is 340 g/mol. The van der Waals surface area contributed by atoms with E-state index < -0.39 is 28.8 Å². The van der Waals surface area contributed by atoms with Gasteiger partial charge in [-0.15, -0.1) is 0 Å². The minimum Gasteiger partial charge on any atom is -0.504 e. The second-order valence-electron chi connectivity index (χ2n) is 6.36. The van der Waals surface area contributed by atoms with Crippen LogP contribution in [-0.2, 0) is 12.8 Å². The van der Waals surface area contributed by atoms with Gasteiger partial charge in [0.2, 0.25) is 11.5 Å². The molecule has 2 aliphatic rings. The molecule has 6 heteroatoms. The summed E-state index contributed by atoms with van der Waals surface area (Å²) in [5.41, 5.74) is 1.97. The van der Waals surface area contributed by atoms with E-state index >= 15 is 0 Å². The lowest BCUT2D eigenvalue weighted by molar-refractivity contribution is 0.0972. The third-order valence-corrected chi connectivity index (χ3v) is 5.01. The predicted octanol–water partition coefficient (Wildman–Crippen LogP) is 2.47. The first-order valence-corrected chi connectivity index (χ1v) is 8.05. The number of carbonyl (C=O) groups excluding carboxylic acids is 2. The Morgan fingerprint density at radius 2 is 1.32 bits per heavy atom. The maximum Gasteiger partial charge on any atom is 0.205 e. The molecule has 0 saturated carbocycles. The topological polar surface area (TPSA) is 104 Å². The normalized spacial score (nSPS) is 15.4. The predicted molar refractivity (Wildman–Crippen MR) is 87.9 cm³/mol. The molecule has 25 heavy (non-hydrogen) atoms. The molecule has 0 amide bonds. The van der Waals surface area contributed by atoms with Crippen molar-refractivity contribution < 1.29 is 29.6 Å². The summed E-state index contributed by atoms with van der Waals surface area (Å²) in [4.78, 5) is 25.9. The van der Waals surface area contributed by atoms with Crippen LogP contribution < -0.4 is 4.74 Å². The molecule has 0 atom stereocenters. The Hall–Kier alpha value is -3.02. The Morgan fingerprint density at radius 1 is 0.800 bits per heavy atom. The molecule has 128 valence electrons. The van der Waals surface area contributed by atoms with Gasteiger partial charge in [-0.1, -0.05) is 0 Å². The van der Waals surface area contributed by atoms with Crippen LogP contribution in [0.1, 0.15) is 55.8 Å². The van der Waals surface area contributed by atoms with Crippen LogP contribution in [0.15, 0.2) is 12.1 Å². The molecule has 2 aromatic carbocycles. The van der Waals surface area contributed by atoms with Gasteiger partial charge in [0, 0.05) is 11.1 Å². The molecule has 0 bridgehead atoms. The van der Waals surface area contributed by atoms with Gasteiger partial charge in [0.1, 0.15) is 0 Å². The van der Waals surface area contributed by atoms with Gasteiger partial charge in [-0.2, -0.15) is 0 Å². The fraction of sp³-hybridized carbons (Fsp3) is 0.263. The zero-order valence-corrected chi connectivity index (χ0v) is 13.5. The maximum atomic E-state index is 13.0. The summed E-state index contributed by atoms with van der Waals surface area (Å²) in [5.74, 6) is -3.84. The lowest BCUT2D eigenvalue weighted by Gasteiger charge is -2.25. The van der Waals surface area contributed by atoms with Crippen LogP contribution in [0.3, 0.4) is 0 Å². The molecular formula is C19H16O6. The van der Waals surface area contributed by atoms with Crippen molar-refractivity contribution in [2.45, 2.75) is 25.7 Å². The highest BCUT2D eigenvalue weighted by atomic mass is 16.5. The first-order chi connectivity index (χ1) is 12.0. The van der Waals surface area contributed by atoms with Gasteiger partial charge in [-0.05, 0) is 48.9 Å². The molecule has 4 rings (SSSR count). The van der Waals surface area contributed by atoms with Crippen molar-refractivity contribution in [3.05, 3.63) is 45.5 Å². The van der Waals surface area contributed by atoms with E-state index in [9.17, 15) is 24.9 Å². The second kappa shape index (κ2) is 5.24. The van der Waals surface area contributed by atoms with Gasteiger partial charge in [0.05, 0.1) is 18.2 Å². The number of benzene rings is 2. The number of ether oxygens (including phenoxy) is 1. The van der Waals surface area contributed by atoms with E-state index in [2.05, 4.69) is 0 Å². The first-order valence-electron chi connectivity index (χ1n) is 8.05. The van der Waals surface area contributed by atoms with Crippen molar-refractivity contribution in [3.8, 4) is 23.0 Å². The highest BCUT2D eigenvalue weighted by molar-refractivity contribution is 6.31. The third kappa shape index (κ3) is 1.97. The number of carbonyl (C=O) groups is 2. The summed E-state index contributed by atoms with van der Waals surface area (Å²) in [6, 6.07) is 3.44. The summed E-state index contributed by atoms with van der Waals surface area (Å²) >= 11 is 0. The van der Waals surface area contributed by atoms with Crippen LogP contribution >= 0.6 is 0 Å². The smallest absolute Gasteiger partial charge is 0.205 e. The zero-order valence-electron chi connectivity index (χ0n) is 13.5. The summed E-state index contributed by atoms with van der Waals surface area (Å²) in [5, 5.41) is 30.0. The minimum atomic E-state index is -0.877. The average Bonchev–Trinajstić information content (AvgIpc) is 2.63. The van der Waals surface area contributed by atoms with E-state index in [1.165, 1.54) is 7.11 Å². The fourth-order valence-corrected chi connectivity index (χ4v) is 3.76. The number of hydrogen-bond acceptors (Lipinski definition) is 6. The molecule has 2 aliphatic carbocycles. The number of ketones is 2. The molecule has 0 heterocycles. The molecular weight excluding hydrogens is 324 g/mol.